The van der Waals surface area contributed by atoms with Gasteiger partial charge in [-0.2, -0.15) is 0 Å². The number of hydrogen-bond acceptors (Lipinski definition) is 3. The highest BCUT2D eigenvalue weighted by Crippen LogP contribution is 2.15. The molecular weight excluding hydrogens is 168 g/mol. The van der Waals surface area contributed by atoms with Crippen LogP contribution >= 0.6 is 0 Å². The minimum atomic E-state index is -0.470. The molecule has 0 aliphatic rings. The number of nitrogens with zero attached hydrogens (tertiary/aromatic N) is 1. The average Bonchev–Trinajstić information content (AvgIpc) is 2.12. The topological polar surface area (TPSA) is 55.6 Å². The van der Waals surface area contributed by atoms with Crippen LogP contribution in [-0.4, -0.2) is 44.7 Å². The molecule has 0 unspecified atom stereocenters. The Kier molecular flexibility index (Phi) is 4.95. The van der Waals surface area contributed by atoms with Gasteiger partial charge in [0.1, 0.15) is 0 Å². The quantitative estimate of drug-likeness (QED) is 0.664. The van der Waals surface area contributed by atoms with Crippen LogP contribution in [0.3, 0.4) is 0 Å². The van der Waals surface area contributed by atoms with E-state index in [1.165, 1.54) is 0 Å². The molecule has 0 heterocycles. The van der Waals surface area contributed by atoms with Gasteiger partial charge in [-0.3, -0.25) is 4.79 Å². The third kappa shape index (κ3) is 3.74. The first-order valence-electron chi connectivity index (χ1n) is 4.40. The summed E-state index contributed by atoms with van der Waals surface area (Å²) >= 11 is 0. The number of carbonyl (C=O) groups excluding carboxylic acids is 1. The normalized spacial score (nSPS) is 11.5. The smallest absolute Gasteiger partial charge is 0.229 e. The van der Waals surface area contributed by atoms with Crippen molar-refractivity contribution in [3.8, 4) is 0 Å². The van der Waals surface area contributed by atoms with Gasteiger partial charge in [0.2, 0.25) is 5.91 Å². The second kappa shape index (κ2) is 5.19. The summed E-state index contributed by atoms with van der Waals surface area (Å²) in [5, 5.41) is 0. The molecule has 0 aliphatic carbocycles. The summed E-state index contributed by atoms with van der Waals surface area (Å²) in [4.78, 5) is 13.3. The maximum Gasteiger partial charge on any atom is 0.229 e. The summed E-state index contributed by atoms with van der Waals surface area (Å²) in [6, 6.07) is 0. The van der Waals surface area contributed by atoms with Crippen LogP contribution in [0.25, 0.3) is 0 Å². The number of carbonyl (C=O) groups is 1. The summed E-state index contributed by atoms with van der Waals surface area (Å²) in [5.41, 5.74) is 5.03. The lowest BCUT2D eigenvalue weighted by Crippen LogP contribution is -2.43. The van der Waals surface area contributed by atoms with Gasteiger partial charge in [0.05, 0.1) is 12.0 Å². The van der Waals surface area contributed by atoms with Crippen LogP contribution in [-0.2, 0) is 9.53 Å². The van der Waals surface area contributed by atoms with E-state index in [1.54, 1.807) is 19.1 Å². The number of rotatable bonds is 5. The maximum absolute atomic E-state index is 11.7. The minimum Gasteiger partial charge on any atom is -0.383 e. The van der Waals surface area contributed by atoms with E-state index < -0.39 is 5.41 Å². The third-order valence-electron chi connectivity index (χ3n) is 2.07. The Balaban J connectivity index is 4.09. The van der Waals surface area contributed by atoms with Gasteiger partial charge in [-0.15, -0.1) is 0 Å². The maximum atomic E-state index is 11.7. The van der Waals surface area contributed by atoms with Crippen LogP contribution in [0.15, 0.2) is 0 Å². The van der Waals surface area contributed by atoms with Crippen molar-refractivity contribution >= 4 is 5.91 Å². The Morgan fingerprint density at radius 2 is 2.08 bits per heavy atom. The lowest BCUT2D eigenvalue weighted by molar-refractivity contribution is -0.139. The van der Waals surface area contributed by atoms with Crippen molar-refractivity contribution in [3.05, 3.63) is 0 Å². The van der Waals surface area contributed by atoms with E-state index in [9.17, 15) is 4.79 Å². The van der Waals surface area contributed by atoms with Crippen LogP contribution in [0.1, 0.15) is 13.8 Å². The lowest BCUT2D eigenvalue weighted by atomic mass is 9.92. The van der Waals surface area contributed by atoms with Crippen molar-refractivity contribution in [2.45, 2.75) is 13.8 Å². The monoisotopic (exact) mass is 188 g/mol. The fourth-order valence-corrected chi connectivity index (χ4v) is 0.934. The van der Waals surface area contributed by atoms with E-state index in [-0.39, 0.29) is 5.91 Å². The first-order valence-corrected chi connectivity index (χ1v) is 4.40. The number of nitrogens with two attached hydrogens (primary N) is 1. The SMILES string of the molecule is COCCN(C)C(=O)C(C)(C)CN. The average molecular weight is 188 g/mol. The number of likely N-dealkylation sites (N-methyl/N-ethyl adjacent to an activating group) is 1. The van der Waals surface area contributed by atoms with E-state index >= 15 is 0 Å². The van der Waals surface area contributed by atoms with E-state index in [4.69, 9.17) is 10.5 Å². The molecule has 4 heteroatoms. The Bertz CT molecular complexity index is 169. The van der Waals surface area contributed by atoms with Crippen LogP contribution < -0.4 is 5.73 Å². The fourth-order valence-electron chi connectivity index (χ4n) is 0.934. The van der Waals surface area contributed by atoms with Crippen LogP contribution in [0.2, 0.25) is 0 Å². The largest absolute Gasteiger partial charge is 0.383 e. The summed E-state index contributed by atoms with van der Waals surface area (Å²) < 4.78 is 4.88. The molecule has 0 saturated heterocycles. The van der Waals surface area contributed by atoms with Crippen LogP contribution in [0.4, 0.5) is 0 Å². The molecule has 0 saturated carbocycles. The molecule has 0 aromatic heterocycles. The molecule has 0 spiro atoms. The Labute approximate surface area is 80.0 Å². The molecule has 0 atom stereocenters. The zero-order valence-electron chi connectivity index (χ0n) is 8.96. The van der Waals surface area contributed by atoms with Gasteiger partial charge >= 0.3 is 0 Å². The fraction of sp³-hybridized carbons (Fsp3) is 0.889. The summed E-state index contributed by atoms with van der Waals surface area (Å²) in [5.74, 6) is 0.0621. The molecule has 78 valence electrons. The summed E-state index contributed by atoms with van der Waals surface area (Å²) in [6.45, 7) is 5.22. The van der Waals surface area contributed by atoms with Crippen molar-refractivity contribution in [1.82, 2.24) is 4.90 Å². The van der Waals surface area contributed by atoms with Crippen molar-refractivity contribution in [2.24, 2.45) is 11.1 Å². The van der Waals surface area contributed by atoms with Gasteiger partial charge in [-0.25, -0.2) is 0 Å². The Hall–Kier alpha value is -0.610. The van der Waals surface area contributed by atoms with Gasteiger partial charge in [-0.05, 0) is 13.8 Å². The minimum absolute atomic E-state index is 0.0621. The van der Waals surface area contributed by atoms with Crippen molar-refractivity contribution in [2.75, 3.05) is 33.9 Å². The zero-order valence-corrected chi connectivity index (χ0v) is 8.96. The summed E-state index contributed by atoms with van der Waals surface area (Å²) in [6.07, 6.45) is 0. The molecule has 0 aromatic rings. The van der Waals surface area contributed by atoms with Crippen LogP contribution in [0, 0.1) is 5.41 Å². The van der Waals surface area contributed by atoms with Gasteiger partial charge in [-0.1, -0.05) is 0 Å². The van der Waals surface area contributed by atoms with Crippen LogP contribution in [0.5, 0.6) is 0 Å². The van der Waals surface area contributed by atoms with Gasteiger partial charge < -0.3 is 15.4 Å². The molecule has 4 nitrogen and oxygen atoms in total. The molecule has 0 fully saturated rings. The van der Waals surface area contributed by atoms with E-state index in [0.717, 1.165) is 0 Å². The number of methoxy groups -OCH3 is 1. The third-order valence-corrected chi connectivity index (χ3v) is 2.07. The number of hydrogen-bond donors (Lipinski definition) is 1. The number of amides is 1. The van der Waals surface area contributed by atoms with Crippen molar-refractivity contribution < 1.29 is 9.53 Å². The summed E-state index contributed by atoms with van der Waals surface area (Å²) in [7, 11) is 3.38. The standard InChI is InChI=1S/C9H20N2O2/c1-9(2,7-10)8(12)11(3)5-6-13-4/h5-7,10H2,1-4H3. The molecule has 0 aromatic carbocycles. The van der Waals surface area contributed by atoms with Crippen molar-refractivity contribution in [3.63, 3.8) is 0 Å². The lowest BCUT2D eigenvalue weighted by Gasteiger charge is -2.27. The molecular formula is C9H20N2O2. The van der Waals surface area contributed by atoms with Gasteiger partial charge in [0.25, 0.3) is 0 Å². The van der Waals surface area contributed by atoms with Gasteiger partial charge in [0, 0.05) is 27.2 Å². The highest BCUT2D eigenvalue weighted by Gasteiger charge is 2.28. The van der Waals surface area contributed by atoms with E-state index in [0.29, 0.717) is 19.7 Å². The highest BCUT2D eigenvalue weighted by molar-refractivity contribution is 5.81. The zero-order chi connectivity index (χ0) is 10.5. The molecule has 1 amide bonds. The second-order valence-corrected chi connectivity index (χ2v) is 3.81. The Morgan fingerprint density at radius 3 is 2.46 bits per heavy atom. The van der Waals surface area contributed by atoms with E-state index in [1.807, 2.05) is 13.8 Å². The molecule has 0 rings (SSSR count). The van der Waals surface area contributed by atoms with Crippen molar-refractivity contribution in [1.29, 1.82) is 0 Å². The molecule has 13 heavy (non-hydrogen) atoms. The molecule has 0 bridgehead atoms. The second-order valence-electron chi connectivity index (χ2n) is 3.81. The number of ether oxygens (including phenoxy) is 1. The van der Waals surface area contributed by atoms with E-state index in [2.05, 4.69) is 0 Å². The molecule has 0 radical (unpaired) electrons. The molecule has 0 aliphatic heterocycles. The predicted molar refractivity (Wildman–Crippen MR) is 52.3 cm³/mol. The first-order chi connectivity index (χ1) is 5.95. The van der Waals surface area contributed by atoms with Gasteiger partial charge in [0.15, 0.2) is 0 Å². The Morgan fingerprint density at radius 1 is 1.54 bits per heavy atom. The molecule has 2 N–H and O–H groups in total. The first kappa shape index (κ1) is 12.4. The highest BCUT2D eigenvalue weighted by atomic mass is 16.5. The predicted octanol–water partition coefficient (Wildman–Crippen LogP) is 0.0761.